The van der Waals surface area contributed by atoms with Gasteiger partial charge in [-0.1, -0.05) is 39.3 Å². The van der Waals surface area contributed by atoms with Crippen LogP contribution in [-0.2, 0) is 0 Å². The highest BCUT2D eigenvalue weighted by Crippen LogP contribution is 2.27. The molecule has 0 radical (unpaired) electrons. The van der Waals surface area contributed by atoms with E-state index < -0.39 is 6.61 Å². The summed E-state index contributed by atoms with van der Waals surface area (Å²) in [7, 11) is 0. The van der Waals surface area contributed by atoms with Crippen molar-refractivity contribution in [1.82, 2.24) is 5.32 Å². The first kappa shape index (κ1) is 14.9. The lowest BCUT2D eigenvalue weighted by atomic mass is 9.92. The van der Waals surface area contributed by atoms with E-state index in [1.165, 1.54) is 0 Å². The maximum absolute atomic E-state index is 12.2. The molecule has 0 aliphatic carbocycles. The van der Waals surface area contributed by atoms with Crippen molar-refractivity contribution in [2.75, 3.05) is 6.54 Å². The second-order valence-electron chi connectivity index (χ2n) is 4.37. The number of nitrogens with one attached hydrogen (secondary N) is 1. The summed E-state index contributed by atoms with van der Waals surface area (Å²) in [5.74, 6) is 0.653. The topological polar surface area (TPSA) is 21.3 Å². The number of hydrogen-bond acceptors (Lipinski definition) is 2. The molecule has 1 rings (SSSR count). The molecule has 1 aromatic rings. The molecule has 0 aliphatic rings. The first-order valence-corrected chi connectivity index (χ1v) is 6.36. The van der Waals surface area contributed by atoms with E-state index in [-0.39, 0.29) is 11.8 Å². The highest BCUT2D eigenvalue weighted by molar-refractivity contribution is 5.31. The number of alkyl halides is 2. The molecule has 0 aliphatic heterocycles. The van der Waals surface area contributed by atoms with Crippen LogP contribution in [0.2, 0.25) is 0 Å². The van der Waals surface area contributed by atoms with E-state index in [0.29, 0.717) is 5.92 Å². The predicted octanol–water partition coefficient (Wildman–Crippen LogP) is 3.98. The van der Waals surface area contributed by atoms with E-state index in [1.807, 2.05) is 13.0 Å². The normalized spacial score (nSPS) is 14.6. The van der Waals surface area contributed by atoms with Crippen LogP contribution < -0.4 is 10.1 Å². The van der Waals surface area contributed by atoms with E-state index >= 15 is 0 Å². The number of halogens is 2. The third kappa shape index (κ3) is 4.26. The van der Waals surface area contributed by atoms with Crippen molar-refractivity contribution >= 4 is 0 Å². The number of benzene rings is 1. The van der Waals surface area contributed by atoms with Crippen LogP contribution in [0.25, 0.3) is 0 Å². The fourth-order valence-corrected chi connectivity index (χ4v) is 1.99. The Morgan fingerprint density at radius 1 is 1.28 bits per heavy atom. The summed E-state index contributed by atoms with van der Waals surface area (Å²) in [5.41, 5.74) is 0.990. The Morgan fingerprint density at radius 3 is 2.56 bits per heavy atom. The fraction of sp³-hybridized carbons (Fsp3) is 0.571. The minimum absolute atomic E-state index is 0.168. The monoisotopic (exact) mass is 257 g/mol. The van der Waals surface area contributed by atoms with Crippen molar-refractivity contribution in [2.45, 2.75) is 39.8 Å². The van der Waals surface area contributed by atoms with Crippen molar-refractivity contribution < 1.29 is 13.5 Å². The zero-order chi connectivity index (χ0) is 13.5. The summed E-state index contributed by atoms with van der Waals surface area (Å²) in [6, 6.07) is 7.10. The van der Waals surface area contributed by atoms with Gasteiger partial charge in [0, 0.05) is 6.04 Å². The number of hydrogen-bond donors (Lipinski definition) is 1. The number of ether oxygens (including phenoxy) is 1. The third-order valence-corrected chi connectivity index (χ3v) is 3.08. The molecule has 0 heterocycles. The smallest absolute Gasteiger partial charge is 0.387 e. The summed E-state index contributed by atoms with van der Waals surface area (Å²) >= 11 is 0. The van der Waals surface area contributed by atoms with Crippen molar-refractivity contribution in [2.24, 2.45) is 5.92 Å². The largest absolute Gasteiger partial charge is 0.435 e. The van der Waals surface area contributed by atoms with Gasteiger partial charge in [-0.05, 0) is 30.2 Å². The molecular formula is C14H21F2NO. The Balaban J connectivity index is 2.90. The van der Waals surface area contributed by atoms with Crippen LogP contribution in [0.3, 0.4) is 0 Å². The number of rotatable bonds is 7. The van der Waals surface area contributed by atoms with Gasteiger partial charge < -0.3 is 10.1 Å². The highest BCUT2D eigenvalue weighted by atomic mass is 19.3. The van der Waals surface area contributed by atoms with E-state index in [4.69, 9.17) is 0 Å². The maximum atomic E-state index is 12.2. The predicted molar refractivity (Wildman–Crippen MR) is 68.9 cm³/mol. The quantitative estimate of drug-likeness (QED) is 0.797. The average molecular weight is 257 g/mol. The summed E-state index contributed by atoms with van der Waals surface area (Å²) in [4.78, 5) is 0. The lowest BCUT2D eigenvalue weighted by molar-refractivity contribution is -0.0499. The van der Waals surface area contributed by atoms with Crippen LogP contribution in [0.15, 0.2) is 24.3 Å². The van der Waals surface area contributed by atoms with E-state index in [1.54, 1.807) is 18.2 Å². The minimum Gasteiger partial charge on any atom is -0.435 e. The van der Waals surface area contributed by atoms with E-state index in [9.17, 15) is 8.78 Å². The molecule has 0 spiro atoms. The molecule has 0 aromatic heterocycles. The van der Waals surface area contributed by atoms with Crippen molar-refractivity contribution in [3.05, 3.63) is 29.8 Å². The molecule has 1 N–H and O–H groups in total. The Labute approximate surface area is 107 Å². The van der Waals surface area contributed by atoms with Crippen LogP contribution in [0, 0.1) is 5.92 Å². The van der Waals surface area contributed by atoms with Crippen molar-refractivity contribution in [3.8, 4) is 5.75 Å². The van der Waals surface area contributed by atoms with Crippen molar-refractivity contribution in [1.29, 1.82) is 0 Å². The molecule has 1 aromatic carbocycles. The molecule has 0 saturated heterocycles. The van der Waals surface area contributed by atoms with Crippen LogP contribution in [0.1, 0.15) is 38.8 Å². The lowest BCUT2D eigenvalue weighted by Crippen LogP contribution is -2.26. The fourth-order valence-electron chi connectivity index (χ4n) is 1.99. The zero-order valence-corrected chi connectivity index (χ0v) is 11.1. The van der Waals surface area contributed by atoms with Crippen LogP contribution in [-0.4, -0.2) is 13.2 Å². The summed E-state index contributed by atoms with van der Waals surface area (Å²) < 4.78 is 28.8. The Kier molecular flexibility index (Phi) is 6.05. The van der Waals surface area contributed by atoms with Crippen LogP contribution in [0.4, 0.5) is 8.78 Å². The molecule has 4 heteroatoms. The average Bonchev–Trinajstić information content (AvgIpc) is 2.34. The third-order valence-electron chi connectivity index (χ3n) is 3.08. The van der Waals surface area contributed by atoms with Gasteiger partial charge in [0.15, 0.2) is 0 Å². The van der Waals surface area contributed by atoms with Gasteiger partial charge in [0.1, 0.15) is 5.75 Å². The Morgan fingerprint density at radius 2 is 2.00 bits per heavy atom. The van der Waals surface area contributed by atoms with Crippen molar-refractivity contribution in [3.63, 3.8) is 0 Å². The molecule has 0 amide bonds. The molecule has 0 fully saturated rings. The molecule has 102 valence electrons. The molecule has 0 bridgehead atoms. The van der Waals surface area contributed by atoms with Gasteiger partial charge in [0.25, 0.3) is 0 Å². The molecule has 18 heavy (non-hydrogen) atoms. The summed E-state index contributed by atoms with van der Waals surface area (Å²) in [6.07, 6.45) is 1.03. The Bertz CT molecular complexity index is 357. The molecule has 2 nitrogen and oxygen atoms in total. The zero-order valence-electron chi connectivity index (χ0n) is 11.1. The second-order valence-corrected chi connectivity index (χ2v) is 4.37. The van der Waals surface area contributed by atoms with Crippen LogP contribution >= 0.6 is 0 Å². The highest BCUT2D eigenvalue weighted by Gasteiger charge is 2.17. The van der Waals surface area contributed by atoms with E-state index in [0.717, 1.165) is 18.5 Å². The van der Waals surface area contributed by atoms with E-state index in [2.05, 4.69) is 23.9 Å². The first-order valence-electron chi connectivity index (χ1n) is 6.36. The lowest BCUT2D eigenvalue weighted by Gasteiger charge is -2.24. The molecule has 2 atom stereocenters. The minimum atomic E-state index is -2.78. The first-order chi connectivity index (χ1) is 8.58. The maximum Gasteiger partial charge on any atom is 0.387 e. The molecular weight excluding hydrogens is 236 g/mol. The van der Waals surface area contributed by atoms with Gasteiger partial charge in [-0.25, -0.2) is 0 Å². The SMILES string of the molecule is CCNC(c1cccc(OC(F)F)c1)C(C)CC. The summed E-state index contributed by atoms with van der Waals surface area (Å²) in [5, 5.41) is 3.39. The van der Waals surface area contributed by atoms with Crippen LogP contribution in [0.5, 0.6) is 5.75 Å². The molecule has 0 saturated carbocycles. The van der Waals surface area contributed by atoms with Gasteiger partial charge in [0.05, 0.1) is 0 Å². The van der Waals surface area contributed by atoms with Gasteiger partial charge in [0.2, 0.25) is 0 Å². The van der Waals surface area contributed by atoms with Gasteiger partial charge in [-0.3, -0.25) is 0 Å². The Hall–Kier alpha value is -1.16. The van der Waals surface area contributed by atoms with Gasteiger partial charge in [-0.15, -0.1) is 0 Å². The van der Waals surface area contributed by atoms with Gasteiger partial charge in [-0.2, -0.15) is 8.78 Å². The van der Waals surface area contributed by atoms with Gasteiger partial charge >= 0.3 is 6.61 Å². The standard InChI is InChI=1S/C14H21F2NO/c1-4-10(3)13(17-5-2)11-7-6-8-12(9-11)18-14(15)16/h6-10,13-14,17H,4-5H2,1-3H3. The molecule has 2 unspecified atom stereocenters. The summed E-state index contributed by atoms with van der Waals surface area (Å²) in [6.45, 7) is 4.37. The second kappa shape index (κ2) is 7.31.